The summed E-state index contributed by atoms with van der Waals surface area (Å²) in [6.07, 6.45) is 13.1. The Morgan fingerprint density at radius 1 is 1.11 bits per heavy atom. The molecule has 2 aliphatic rings. The van der Waals surface area contributed by atoms with Crippen LogP contribution in [0.15, 0.2) is 30.7 Å². The third-order valence-electron chi connectivity index (χ3n) is 7.57. The van der Waals surface area contributed by atoms with Gasteiger partial charge in [-0.15, -0.1) is 0 Å². The molecule has 2 N–H and O–H groups in total. The van der Waals surface area contributed by atoms with Crippen molar-refractivity contribution in [3.8, 4) is 0 Å². The summed E-state index contributed by atoms with van der Waals surface area (Å²) >= 11 is 12.2. The number of H-pyrrole nitrogens is 1. The van der Waals surface area contributed by atoms with E-state index in [1.165, 1.54) is 32.1 Å². The number of aryl methyl sites for hydroxylation is 1. The lowest BCUT2D eigenvalue weighted by atomic mass is 10.1. The van der Waals surface area contributed by atoms with Gasteiger partial charge < -0.3 is 19.8 Å². The second-order valence-corrected chi connectivity index (χ2v) is 10.9. The summed E-state index contributed by atoms with van der Waals surface area (Å²) in [4.78, 5) is 19.7. The number of halogens is 2. The van der Waals surface area contributed by atoms with Gasteiger partial charge in [-0.05, 0) is 76.7 Å². The first-order valence-electron chi connectivity index (χ1n) is 12.7. The van der Waals surface area contributed by atoms with Crippen LogP contribution < -0.4 is 5.32 Å². The van der Waals surface area contributed by atoms with Crippen LogP contribution in [0.4, 0.5) is 5.82 Å². The van der Waals surface area contributed by atoms with E-state index in [4.69, 9.17) is 23.2 Å². The summed E-state index contributed by atoms with van der Waals surface area (Å²) in [5, 5.41) is 5.80. The van der Waals surface area contributed by atoms with Crippen LogP contribution in [0, 0.1) is 0 Å². The molecule has 1 unspecified atom stereocenters. The van der Waals surface area contributed by atoms with Gasteiger partial charge in [0, 0.05) is 30.7 Å². The van der Waals surface area contributed by atoms with E-state index in [0.29, 0.717) is 28.2 Å². The fourth-order valence-corrected chi connectivity index (χ4v) is 5.72. The SMILES string of the molecule is CN(CCCCc1nc2cc(Cl)c(Cl)cc2[nH]1)C1CC[C@H](n2ccc3c(NC4CC4)ncnc32)C1. The smallest absolute Gasteiger partial charge is 0.145 e. The highest BCUT2D eigenvalue weighted by atomic mass is 35.5. The molecule has 2 fully saturated rings. The molecule has 2 atom stereocenters. The Kier molecular flexibility index (Phi) is 6.33. The minimum Gasteiger partial charge on any atom is -0.367 e. The van der Waals surface area contributed by atoms with Crippen LogP contribution in [-0.2, 0) is 6.42 Å². The van der Waals surface area contributed by atoms with Gasteiger partial charge in [0.25, 0.3) is 0 Å². The van der Waals surface area contributed by atoms with Gasteiger partial charge in [-0.1, -0.05) is 23.2 Å². The highest BCUT2D eigenvalue weighted by molar-refractivity contribution is 6.42. The van der Waals surface area contributed by atoms with Gasteiger partial charge in [0.05, 0.1) is 26.5 Å². The Bertz CT molecular complexity index is 1300. The molecule has 0 aliphatic heterocycles. The largest absolute Gasteiger partial charge is 0.367 e. The van der Waals surface area contributed by atoms with Crippen molar-refractivity contribution in [3.63, 3.8) is 0 Å². The van der Waals surface area contributed by atoms with Crippen molar-refractivity contribution in [1.29, 1.82) is 0 Å². The third-order valence-corrected chi connectivity index (χ3v) is 8.29. The molecule has 9 heteroatoms. The number of aromatic nitrogens is 5. The van der Waals surface area contributed by atoms with Crippen molar-refractivity contribution in [2.75, 3.05) is 18.9 Å². The summed E-state index contributed by atoms with van der Waals surface area (Å²) in [7, 11) is 2.27. The number of fused-ring (bicyclic) bond motifs is 2. The Morgan fingerprint density at radius 2 is 1.97 bits per heavy atom. The van der Waals surface area contributed by atoms with Crippen LogP contribution in [-0.4, -0.2) is 55.1 Å². The maximum Gasteiger partial charge on any atom is 0.145 e. The fourth-order valence-electron chi connectivity index (χ4n) is 5.40. The summed E-state index contributed by atoms with van der Waals surface area (Å²) < 4.78 is 2.38. The molecule has 184 valence electrons. The van der Waals surface area contributed by atoms with Crippen LogP contribution in [0.5, 0.6) is 0 Å². The number of nitrogens with zero attached hydrogens (tertiary/aromatic N) is 5. The van der Waals surface area contributed by atoms with E-state index in [0.717, 1.165) is 59.5 Å². The zero-order valence-corrected chi connectivity index (χ0v) is 21.5. The van der Waals surface area contributed by atoms with E-state index >= 15 is 0 Å². The number of imidazole rings is 1. The molecule has 3 aromatic heterocycles. The van der Waals surface area contributed by atoms with Gasteiger partial charge >= 0.3 is 0 Å². The number of nitrogens with one attached hydrogen (secondary N) is 2. The second kappa shape index (κ2) is 9.60. The van der Waals surface area contributed by atoms with Crippen LogP contribution in [0.1, 0.15) is 56.8 Å². The normalized spacial score (nSPS) is 20.5. The standard InChI is InChI=1S/C26H31Cl2N7/c1-34(10-3-2-4-24-32-22-13-20(27)21(28)14-23(22)33-24)17-7-8-18(12-17)35-11-9-19-25(31-16-5-6-16)29-15-30-26(19)35/h9,11,13-18H,2-8,10,12H2,1H3,(H,32,33)(H,29,30,31)/t17?,18-/m0/s1. The van der Waals surface area contributed by atoms with Crippen molar-refractivity contribution >= 4 is 51.1 Å². The highest BCUT2D eigenvalue weighted by Crippen LogP contribution is 2.36. The first-order valence-corrected chi connectivity index (χ1v) is 13.4. The predicted octanol–water partition coefficient (Wildman–Crippen LogP) is 6.24. The molecule has 7 nitrogen and oxygen atoms in total. The Morgan fingerprint density at radius 3 is 2.83 bits per heavy atom. The van der Waals surface area contributed by atoms with Gasteiger partial charge in [0.1, 0.15) is 23.6 Å². The molecule has 2 aliphatic carbocycles. The van der Waals surface area contributed by atoms with Gasteiger partial charge in [-0.25, -0.2) is 15.0 Å². The van der Waals surface area contributed by atoms with Crippen molar-refractivity contribution < 1.29 is 0 Å². The van der Waals surface area contributed by atoms with E-state index in [1.54, 1.807) is 6.33 Å². The van der Waals surface area contributed by atoms with Crippen LogP contribution >= 0.6 is 23.2 Å². The summed E-state index contributed by atoms with van der Waals surface area (Å²) in [5.41, 5.74) is 2.88. The lowest BCUT2D eigenvalue weighted by Crippen LogP contribution is -2.30. The Balaban J connectivity index is 1.01. The lowest BCUT2D eigenvalue weighted by Gasteiger charge is -2.24. The first kappa shape index (κ1) is 23.1. The van der Waals surface area contributed by atoms with Gasteiger partial charge in [0.15, 0.2) is 0 Å². The number of hydrogen-bond donors (Lipinski definition) is 2. The van der Waals surface area contributed by atoms with Crippen LogP contribution in [0.3, 0.4) is 0 Å². The zero-order chi connectivity index (χ0) is 23.9. The highest BCUT2D eigenvalue weighted by Gasteiger charge is 2.30. The van der Waals surface area contributed by atoms with Gasteiger partial charge in [-0.2, -0.15) is 0 Å². The summed E-state index contributed by atoms with van der Waals surface area (Å²) in [6, 6.07) is 7.55. The van der Waals surface area contributed by atoms with E-state index in [-0.39, 0.29) is 0 Å². The monoisotopic (exact) mass is 511 g/mol. The molecule has 0 bridgehead atoms. The van der Waals surface area contributed by atoms with Crippen LogP contribution in [0.2, 0.25) is 10.0 Å². The molecule has 4 aromatic rings. The van der Waals surface area contributed by atoms with Gasteiger partial charge in [0.2, 0.25) is 0 Å². The van der Waals surface area contributed by atoms with Crippen LogP contribution in [0.25, 0.3) is 22.1 Å². The average molecular weight is 512 g/mol. The van der Waals surface area contributed by atoms with Crippen molar-refractivity contribution in [3.05, 3.63) is 46.6 Å². The van der Waals surface area contributed by atoms with E-state index < -0.39 is 0 Å². The quantitative estimate of drug-likeness (QED) is 0.260. The van der Waals surface area contributed by atoms with Gasteiger partial charge in [-0.3, -0.25) is 0 Å². The second-order valence-electron chi connectivity index (χ2n) is 10.1. The molecule has 0 radical (unpaired) electrons. The fraction of sp³-hybridized carbons (Fsp3) is 0.500. The zero-order valence-electron chi connectivity index (χ0n) is 20.0. The number of rotatable bonds is 9. The number of aromatic amines is 1. The maximum absolute atomic E-state index is 6.12. The molecule has 6 rings (SSSR count). The Hall–Kier alpha value is -2.35. The average Bonchev–Trinajstić information content (AvgIpc) is 3.22. The molecule has 1 aromatic carbocycles. The molecular formula is C26H31Cl2N7. The van der Waals surface area contributed by atoms with Crippen molar-refractivity contribution in [2.24, 2.45) is 0 Å². The van der Waals surface area contributed by atoms with E-state index in [1.807, 2.05) is 12.1 Å². The minimum absolute atomic E-state index is 0.498. The molecule has 3 heterocycles. The van der Waals surface area contributed by atoms with E-state index in [2.05, 4.69) is 54.0 Å². The lowest BCUT2D eigenvalue weighted by molar-refractivity contribution is 0.236. The number of anilines is 1. The third kappa shape index (κ3) is 4.86. The van der Waals surface area contributed by atoms with Crippen molar-refractivity contribution in [1.82, 2.24) is 29.4 Å². The number of unbranched alkanes of at least 4 members (excludes halogenated alkanes) is 1. The topological polar surface area (TPSA) is 74.7 Å². The maximum atomic E-state index is 6.12. The molecular weight excluding hydrogens is 481 g/mol. The Labute approximate surface area is 215 Å². The molecule has 35 heavy (non-hydrogen) atoms. The number of benzene rings is 1. The molecule has 2 saturated carbocycles. The van der Waals surface area contributed by atoms with Crippen molar-refractivity contribution in [2.45, 2.75) is 69.5 Å². The first-order chi connectivity index (χ1) is 17.0. The minimum atomic E-state index is 0.498. The molecule has 0 amide bonds. The molecule has 0 spiro atoms. The summed E-state index contributed by atoms with van der Waals surface area (Å²) in [6.45, 7) is 1.10. The predicted molar refractivity (Wildman–Crippen MR) is 143 cm³/mol. The molecule has 0 saturated heterocycles. The number of hydrogen-bond acceptors (Lipinski definition) is 5. The van der Waals surface area contributed by atoms with E-state index in [9.17, 15) is 0 Å². The summed E-state index contributed by atoms with van der Waals surface area (Å²) in [5.74, 6) is 1.98.